The van der Waals surface area contributed by atoms with Gasteiger partial charge in [0.15, 0.2) is 11.2 Å². The first-order chi connectivity index (χ1) is 12.6. The van der Waals surface area contributed by atoms with E-state index >= 15 is 0 Å². The van der Waals surface area contributed by atoms with Crippen molar-refractivity contribution >= 4 is 17.1 Å². The van der Waals surface area contributed by atoms with Crippen LogP contribution in [0.15, 0.2) is 9.59 Å². The lowest BCUT2D eigenvalue weighted by molar-refractivity contribution is 0.184. The van der Waals surface area contributed by atoms with Crippen molar-refractivity contribution in [1.29, 1.82) is 0 Å². The molecule has 8 heteroatoms. The maximum atomic E-state index is 13.0. The number of ether oxygens (including phenoxy) is 1. The minimum Gasteiger partial charge on any atom is -0.383 e. The molecule has 0 aromatic carbocycles. The van der Waals surface area contributed by atoms with Crippen molar-refractivity contribution < 1.29 is 4.74 Å². The predicted octanol–water partition coefficient (Wildman–Crippen LogP) is 1.09. The van der Waals surface area contributed by atoms with Crippen LogP contribution in [0.2, 0.25) is 0 Å². The molecule has 2 aliphatic rings. The largest absolute Gasteiger partial charge is 0.383 e. The first kappa shape index (κ1) is 17.3. The maximum Gasteiger partial charge on any atom is 0.332 e. The fourth-order valence-electron chi connectivity index (χ4n) is 4.41. The van der Waals surface area contributed by atoms with E-state index in [1.807, 2.05) is 4.57 Å². The van der Waals surface area contributed by atoms with Gasteiger partial charge in [0.1, 0.15) is 0 Å². The summed E-state index contributed by atoms with van der Waals surface area (Å²) < 4.78 is 9.85. The molecule has 2 aromatic heterocycles. The van der Waals surface area contributed by atoms with E-state index in [0.717, 1.165) is 25.5 Å². The zero-order valence-electron chi connectivity index (χ0n) is 15.6. The molecule has 1 aliphatic heterocycles. The Balaban J connectivity index is 1.87. The van der Waals surface area contributed by atoms with Gasteiger partial charge < -0.3 is 14.2 Å². The lowest BCUT2D eigenvalue weighted by Crippen LogP contribution is -2.43. The topological polar surface area (TPSA) is 74.3 Å². The third-order valence-corrected chi connectivity index (χ3v) is 5.78. The molecule has 0 spiro atoms. The van der Waals surface area contributed by atoms with Gasteiger partial charge in [0.05, 0.1) is 13.2 Å². The Morgan fingerprint density at radius 2 is 1.88 bits per heavy atom. The van der Waals surface area contributed by atoms with Gasteiger partial charge in [-0.3, -0.25) is 13.9 Å². The average molecular weight is 361 g/mol. The fourth-order valence-corrected chi connectivity index (χ4v) is 4.41. The summed E-state index contributed by atoms with van der Waals surface area (Å²) in [7, 11) is 3.26. The van der Waals surface area contributed by atoms with Crippen LogP contribution in [-0.4, -0.2) is 45.0 Å². The molecule has 1 aliphatic carbocycles. The van der Waals surface area contributed by atoms with E-state index in [2.05, 4.69) is 4.90 Å². The molecule has 0 saturated heterocycles. The maximum absolute atomic E-state index is 13.0. The van der Waals surface area contributed by atoms with Crippen LogP contribution in [0.5, 0.6) is 0 Å². The Hall–Kier alpha value is -2.09. The number of hydrogen-bond donors (Lipinski definition) is 0. The lowest BCUT2D eigenvalue weighted by Gasteiger charge is -2.37. The third kappa shape index (κ3) is 2.67. The zero-order valence-corrected chi connectivity index (χ0v) is 15.6. The number of fused-ring (bicyclic) bond motifs is 3. The highest BCUT2D eigenvalue weighted by atomic mass is 16.5. The monoisotopic (exact) mass is 361 g/mol. The summed E-state index contributed by atoms with van der Waals surface area (Å²) in [5.41, 5.74) is 0.439. The molecule has 0 unspecified atom stereocenters. The SMILES string of the molecule is COCCn1c(=O)c2c(nc3n2CCCN3C2CCCCC2)n(C)c1=O. The summed E-state index contributed by atoms with van der Waals surface area (Å²) in [6.07, 6.45) is 7.17. The number of aromatic nitrogens is 4. The second-order valence-electron chi connectivity index (χ2n) is 7.37. The molecule has 2 aromatic rings. The molecule has 3 heterocycles. The van der Waals surface area contributed by atoms with Crippen molar-refractivity contribution in [2.75, 3.05) is 25.2 Å². The van der Waals surface area contributed by atoms with Gasteiger partial charge in [0.2, 0.25) is 5.95 Å². The average Bonchev–Trinajstić information content (AvgIpc) is 3.07. The minimum absolute atomic E-state index is 0.255. The van der Waals surface area contributed by atoms with Crippen LogP contribution >= 0.6 is 0 Å². The summed E-state index contributed by atoms with van der Waals surface area (Å²) in [5, 5.41) is 0. The van der Waals surface area contributed by atoms with Crippen LogP contribution in [0.1, 0.15) is 38.5 Å². The van der Waals surface area contributed by atoms with Crippen molar-refractivity contribution in [3.05, 3.63) is 20.8 Å². The molecule has 0 bridgehead atoms. The first-order valence-corrected chi connectivity index (χ1v) is 9.59. The van der Waals surface area contributed by atoms with Crippen molar-refractivity contribution in [3.8, 4) is 0 Å². The second kappa shape index (κ2) is 6.90. The molecular formula is C18H27N5O3. The molecule has 0 atom stereocenters. The van der Waals surface area contributed by atoms with Crippen LogP contribution in [0.3, 0.4) is 0 Å². The molecule has 0 radical (unpaired) electrons. The van der Waals surface area contributed by atoms with Crippen molar-refractivity contribution in [1.82, 2.24) is 18.7 Å². The molecule has 0 amide bonds. The summed E-state index contributed by atoms with van der Waals surface area (Å²) in [6, 6.07) is 0.493. The molecular weight excluding hydrogens is 334 g/mol. The summed E-state index contributed by atoms with van der Waals surface area (Å²) in [5.74, 6) is 0.856. The predicted molar refractivity (Wildman–Crippen MR) is 99.9 cm³/mol. The Kier molecular flexibility index (Phi) is 4.60. The van der Waals surface area contributed by atoms with E-state index < -0.39 is 0 Å². The number of hydrogen-bond acceptors (Lipinski definition) is 5. The number of rotatable bonds is 4. The Morgan fingerprint density at radius 1 is 1.12 bits per heavy atom. The number of imidazole rings is 1. The lowest BCUT2D eigenvalue weighted by atomic mass is 9.94. The smallest absolute Gasteiger partial charge is 0.332 e. The third-order valence-electron chi connectivity index (χ3n) is 5.78. The van der Waals surface area contributed by atoms with Crippen molar-refractivity contribution in [3.63, 3.8) is 0 Å². The van der Waals surface area contributed by atoms with E-state index in [9.17, 15) is 9.59 Å². The zero-order chi connectivity index (χ0) is 18.3. The Morgan fingerprint density at radius 3 is 2.62 bits per heavy atom. The molecule has 4 rings (SSSR count). The van der Waals surface area contributed by atoms with Crippen LogP contribution in [0.4, 0.5) is 5.95 Å². The number of anilines is 1. The van der Waals surface area contributed by atoms with Gasteiger partial charge in [-0.15, -0.1) is 0 Å². The van der Waals surface area contributed by atoms with Gasteiger partial charge >= 0.3 is 5.69 Å². The molecule has 142 valence electrons. The van der Waals surface area contributed by atoms with Crippen molar-refractivity contribution in [2.24, 2.45) is 7.05 Å². The van der Waals surface area contributed by atoms with Crippen molar-refractivity contribution in [2.45, 2.75) is 57.7 Å². The molecule has 1 saturated carbocycles. The first-order valence-electron chi connectivity index (χ1n) is 9.59. The highest BCUT2D eigenvalue weighted by molar-refractivity contribution is 5.75. The summed E-state index contributed by atoms with van der Waals surface area (Å²) in [6.45, 7) is 2.33. The van der Waals surface area contributed by atoms with E-state index in [1.165, 1.54) is 41.2 Å². The number of methoxy groups -OCH3 is 1. The number of nitrogens with zero attached hydrogens (tertiary/aromatic N) is 5. The van der Waals surface area contributed by atoms with Gasteiger partial charge in [0, 0.05) is 33.3 Å². The summed E-state index contributed by atoms with van der Waals surface area (Å²) in [4.78, 5) is 32.8. The van der Waals surface area contributed by atoms with Crippen LogP contribution in [0.25, 0.3) is 11.2 Å². The van der Waals surface area contributed by atoms with Gasteiger partial charge in [-0.2, -0.15) is 4.98 Å². The Labute approximate surface area is 152 Å². The highest BCUT2D eigenvalue weighted by Gasteiger charge is 2.30. The van der Waals surface area contributed by atoms with E-state index in [1.54, 1.807) is 14.2 Å². The molecule has 8 nitrogen and oxygen atoms in total. The highest BCUT2D eigenvalue weighted by Crippen LogP contribution is 2.31. The molecule has 1 fully saturated rings. The van der Waals surface area contributed by atoms with Gasteiger partial charge in [-0.25, -0.2) is 4.79 Å². The fraction of sp³-hybridized carbons (Fsp3) is 0.722. The van der Waals surface area contributed by atoms with Gasteiger partial charge in [-0.05, 0) is 19.3 Å². The molecule has 0 N–H and O–H groups in total. The van der Waals surface area contributed by atoms with E-state index in [4.69, 9.17) is 9.72 Å². The van der Waals surface area contributed by atoms with Gasteiger partial charge in [-0.1, -0.05) is 19.3 Å². The quantitative estimate of drug-likeness (QED) is 0.815. The van der Waals surface area contributed by atoms with Crippen LogP contribution < -0.4 is 16.1 Å². The number of aryl methyl sites for hydroxylation is 2. The van der Waals surface area contributed by atoms with E-state index in [0.29, 0.717) is 23.8 Å². The van der Waals surface area contributed by atoms with E-state index in [-0.39, 0.29) is 17.8 Å². The van der Waals surface area contributed by atoms with Gasteiger partial charge in [0.25, 0.3) is 5.56 Å². The molecule has 26 heavy (non-hydrogen) atoms. The Bertz CT molecular complexity index is 920. The normalized spacial score (nSPS) is 18.5. The second-order valence-corrected chi connectivity index (χ2v) is 7.37. The minimum atomic E-state index is -0.334. The standard InChI is InChI=1S/C18H27N5O3/c1-20-15-14(16(24)23(18(20)25)11-12-26-2)22-10-6-9-21(17(22)19-15)13-7-4-3-5-8-13/h13H,3-12H2,1-2H3. The van der Waals surface area contributed by atoms with Crippen LogP contribution in [0, 0.1) is 0 Å². The summed E-state index contributed by atoms with van der Waals surface area (Å²) >= 11 is 0. The van der Waals surface area contributed by atoms with Crippen LogP contribution in [-0.2, 0) is 24.9 Å².